The second kappa shape index (κ2) is 10.1. The number of carbonyl (C=O) groups excluding carboxylic acids is 1. The van der Waals surface area contributed by atoms with Crippen LogP contribution in [0.4, 0.5) is 0 Å². The van der Waals surface area contributed by atoms with E-state index in [1.165, 1.54) is 0 Å². The molecule has 0 aliphatic heterocycles. The summed E-state index contributed by atoms with van der Waals surface area (Å²) in [5, 5.41) is 2.97. The zero-order chi connectivity index (χ0) is 15.6. The molecule has 3 N–H and O–H groups in total. The molecule has 0 fully saturated rings. The van der Waals surface area contributed by atoms with Crippen LogP contribution in [0, 0.1) is 0 Å². The molecule has 0 rings (SSSR count). The first kappa shape index (κ1) is 19.4. The van der Waals surface area contributed by atoms with Crippen molar-refractivity contribution in [2.24, 2.45) is 5.73 Å². The lowest BCUT2D eigenvalue weighted by molar-refractivity contribution is -0.125. The van der Waals surface area contributed by atoms with Crippen molar-refractivity contribution in [3.8, 4) is 0 Å². The molecule has 0 aromatic carbocycles. The van der Waals surface area contributed by atoms with Gasteiger partial charge in [-0.25, -0.2) is 0 Å². The Labute approximate surface area is 124 Å². The summed E-state index contributed by atoms with van der Waals surface area (Å²) in [4.78, 5) is 14.4. The van der Waals surface area contributed by atoms with Gasteiger partial charge < -0.3 is 15.8 Å². The number of nitrogens with two attached hydrogens (primary N) is 1. The van der Waals surface area contributed by atoms with Crippen LogP contribution in [0.15, 0.2) is 0 Å². The molecule has 1 amide bonds. The van der Waals surface area contributed by atoms with Crippen LogP contribution in [0.3, 0.4) is 0 Å². The van der Waals surface area contributed by atoms with E-state index in [-0.39, 0.29) is 17.5 Å². The zero-order valence-corrected chi connectivity index (χ0v) is 13.9. The van der Waals surface area contributed by atoms with Crippen molar-refractivity contribution in [2.75, 3.05) is 33.4 Å². The molecule has 0 spiro atoms. The summed E-state index contributed by atoms with van der Waals surface area (Å²) in [6.07, 6.45) is 2.93. The van der Waals surface area contributed by atoms with Crippen molar-refractivity contribution in [3.05, 3.63) is 0 Å². The van der Waals surface area contributed by atoms with Gasteiger partial charge in [0.2, 0.25) is 5.91 Å². The smallest absolute Gasteiger partial charge is 0.234 e. The maximum absolute atomic E-state index is 12.2. The van der Waals surface area contributed by atoms with E-state index in [1.807, 2.05) is 6.92 Å². The summed E-state index contributed by atoms with van der Waals surface area (Å²) < 4.78 is 5.04. The Bertz CT molecular complexity index is 260. The Morgan fingerprint density at radius 3 is 2.35 bits per heavy atom. The molecule has 0 aromatic rings. The van der Waals surface area contributed by atoms with E-state index in [9.17, 15) is 4.79 Å². The minimum absolute atomic E-state index is 0.0338. The van der Waals surface area contributed by atoms with Crippen LogP contribution in [0.5, 0.6) is 0 Å². The van der Waals surface area contributed by atoms with E-state index in [0.717, 1.165) is 25.8 Å². The third kappa shape index (κ3) is 5.77. The fraction of sp³-hybridized carbons (Fsp3) is 0.933. The summed E-state index contributed by atoms with van der Waals surface area (Å²) in [7, 11) is 1.64. The standard InChI is InChI=1S/C15H33N3O2/c1-6-9-18(15(7-2,8-3)12-16)10-14(19)17-13(4)11-20-5/h13H,6-12,16H2,1-5H3,(H,17,19). The lowest BCUT2D eigenvalue weighted by Gasteiger charge is -2.42. The van der Waals surface area contributed by atoms with E-state index in [1.54, 1.807) is 7.11 Å². The molecule has 0 aromatic heterocycles. The van der Waals surface area contributed by atoms with Crippen molar-refractivity contribution in [2.45, 2.75) is 58.5 Å². The normalized spacial score (nSPS) is 13.6. The molecule has 0 aliphatic carbocycles. The van der Waals surface area contributed by atoms with Gasteiger partial charge in [0.1, 0.15) is 0 Å². The number of methoxy groups -OCH3 is 1. The molecule has 0 saturated heterocycles. The Balaban J connectivity index is 4.71. The molecule has 120 valence electrons. The molecular formula is C15H33N3O2. The number of hydrogen-bond acceptors (Lipinski definition) is 4. The van der Waals surface area contributed by atoms with E-state index in [2.05, 4.69) is 31.0 Å². The summed E-state index contributed by atoms with van der Waals surface area (Å²) in [5.74, 6) is 0.0442. The van der Waals surface area contributed by atoms with Crippen molar-refractivity contribution < 1.29 is 9.53 Å². The van der Waals surface area contributed by atoms with Gasteiger partial charge in [0.05, 0.1) is 13.2 Å². The summed E-state index contributed by atoms with van der Waals surface area (Å²) >= 11 is 0. The number of rotatable bonds is 11. The van der Waals surface area contributed by atoms with Gasteiger partial charge in [-0.05, 0) is 32.7 Å². The van der Waals surface area contributed by atoms with E-state index in [0.29, 0.717) is 19.7 Å². The Kier molecular flexibility index (Phi) is 9.80. The van der Waals surface area contributed by atoms with Crippen LogP contribution in [0.25, 0.3) is 0 Å². The first-order valence-corrected chi connectivity index (χ1v) is 7.73. The monoisotopic (exact) mass is 287 g/mol. The van der Waals surface area contributed by atoms with Crippen LogP contribution in [0.1, 0.15) is 47.0 Å². The van der Waals surface area contributed by atoms with E-state index in [4.69, 9.17) is 10.5 Å². The highest BCUT2D eigenvalue weighted by Crippen LogP contribution is 2.23. The van der Waals surface area contributed by atoms with Gasteiger partial charge in [-0.15, -0.1) is 0 Å². The quantitative estimate of drug-likeness (QED) is 0.602. The van der Waals surface area contributed by atoms with Gasteiger partial charge in [0.25, 0.3) is 0 Å². The maximum Gasteiger partial charge on any atom is 0.234 e. The minimum Gasteiger partial charge on any atom is -0.383 e. The highest BCUT2D eigenvalue weighted by atomic mass is 16.5. The van der Waals surface area contributed by atoms with Crippen LogP contribution in [0.2, 0.25) is 0 Å². The number of amides is 1. The summed E-state index contributed by atoms with van der Waals surface area (Å²) in [5.41, 5.74) is 5.92. The molecule has 1 atom stereocenters. The van der Waals surface area contributed by atoms with E-state index < -0.39 is 0 Å². The van der Waals surface area contributed by atoms with Gasteiger partial charge in [-0.3, -0.25) is 9.69 Å². The van der Waals surface area contributed by atoms with E-state index >= 15 is 0 Å². The number of carbonyl (C=O) groups is 1. The lowest BCUT2D eigenvalue weighted by Crippen LogP contribution is -2.56. The highest BCUT2D eigenvalue weighted by molar-refractivity contribution is 5.78. The van der Waals surface area contributed by atoms with Gasteiger partial charge in [0.15, 0.2) is 0 Å². The predicted molar refractivity (Wildman–Crippen MR) is 83.7 cm³/mol. The van der Waals surface area contributed by atoms with Crippen LogP contribution in [-0.4, -0.2) is 55.7 Å². The van der Waals surface area contributed by atoms with Crippen LogP contribution < -0.4 is 11.1 Å². The summed E-state index contributed by atoms with van der Waals surface area (Å²) in [6, 6.07) is 0.0338. The summed E-state index contributed by atoms with van der Waals surface area (Å²) in [6.45, 7) is 10.8. The molecule has 5 nitrogen and oxygen atoms in total. The minimum atomic E-state index is -0.0716. The number of nitrogens with one attached hydrogen (secondary N) is 1. The Hall–Kier alpha value is -0.650. The number of ether oxygens (including phenoxy) is 1. The van der Waals surface area contributed by atoms with Crippen molar-refractivity contribution in [3.63, 3.8) is 0 Å². The molecule has 0 bridgehead atoms. The molecule has 0 radical (unpaired) electrons. The molecule has 0 saturated carbocycles. The van der Waals surface area contributed by atoms with Crippen molar-refractivity contribution in [1.29, 1.82) is 0 Å². The average Bonchev–Trinajstić information content (AvgIpc) is 2.41. The zero-order valence-electron chi connectivity index (χ0n) is 13.9. The molecular weight excluding hydrogens is 254 g/mol. The SMILES string of the molecule is CCCN(CC(=O)NC(C)COC)C(CC)(CC)CN. The Morgan fingerprint density at radius 1 is 1.35 bits per heavy atom. The topological polar surface area (TPSA) is 67.6 Å². The predicted octanol–water partition coefficient (Wildman–Crippen LogP) is 1.37. The van der Waals surface area contributed by atoms with Crippen molar-refractivity contribution >= 4 is 5.91 Å². The fourth-order valence-electron chi connectivity index (χ4n) is 2.65. The molecule has 20 heavy (non-hydrogen) atoms. The lowest BCUT2D eigenvalue weighted by atomic mass is 9.90. The van der Waals surface area contributed by atoms with Crippen molar-refractivity contribution in [1.82, 2.24) is 10.2 Å². The van der Waals surface area contributed by atoms with Crippen LogP contribution in [-0.2, 0) is 9.53 Å². The first-order chi connectivity index (χ1) is 9.49. The number of nitrogens with zero attached hydrogens (tertiary/aromatic N) is 1. The Morgan fingerprint density at radius 2 is 1.95 bits per heavy atom. The third-order valence-electron chi connectivity index (χ3n) is 4.02. The molecule has 5 heteroatoms. The largest absolute Gasteiger partial charge is 0.383 e. The highest BCUT2D eigenvalue weighted by Gasteiger charge is 2.32. The molecule has 0 aliphatic rings. The number of hydrogen-bond donors (Lipinski definition) is 2. The van der Waals surface area contributed by atoms with Gasteiger partial charge >= 0.3 is 0 Å². The average molecular weight is 287 g/mol. The molecule has 1 unspecified atom stereocenters. The van der Waals surface area contributed by atoms with Gasteiger partial charge in [-0.2, -0.15) is 0 Å². The second-order valence-corrected chi connectivity index (χ2v) is 5.48. The van der Waals surface area contributed by atoms with Gasteiger partial charge in [0, 0.05) is 25.2 Å². The third-order valence-corrected chi connectivity index (χ3v) is 4.02. The fourth-order valence-corrected chi connectivity index (χ4v) is 2.65. The maximum atomic E-state index is 12.2. The first-order valence-electron chi connectivity index (χ1n) is 7.73. The van der Waals surface area contributed by atoms with Gasteiger partial charge in [-0.1, -0.05) is 20.8 Å². The van der Waals surface area contributed by atoms with Crippen LogP contribution >= 0.6 is 0 Å². The second-order valence-electron chi connectivity index (χ2n) is 5.48. The molecule has 0 heterocycles.